The Morgan fingerprint density at radius 1 is 1.50 bits per heavy atom. The van der Waals surface area contributed by atoms with Gasteiger partial charge in [-0.3, -0.25) is 9.69 Å². The minimum absolute atomic E-state index is 0.121. The van der Waals surface area contributed by atoms with Crippen molar-refractivity contribution in [3.63, 3.8) is 0 Å². The third-order valence-electron chi connectivity index (χ3n) is 3.24. The van der Waals surface area contributed by atoms with E-state index in [4.69, 9.17) is 9.84 Å². The summed E-state index contributed by atoms with van der Waals surface area (Å²) in [7, 11) is 0. The molecular weight excluding hydrogens is 206 g/mol. The molecule has 16 heavy (non-hydrogen) atoms. The minimum Gasteiger partial charge on any atom is -0.465 e. The summed E-state index contributed by atoms with van der Waals surface area (Å²) in [6, 6.07) is -0.147. The number of aliphatic hydroxyl groups is 1. The van der Waals surface area contributed by atoms with Gasteiger partial charge in [0.25, 0.3) is 0 Å². The summed E-state index contributed by atoms with van der Waals surface area (Å²) in [6.45, 7) is 6.43. The molecular formula is C12H23NO3. The molecule has 1 heterocycles. The molecule has 1 N–H and O–H groups in total. The first-order valence-electron chi connectivity index (χ1n) is 6.20. The molecule has 1 saturated heterocycles. The van der Waals surface area contributed by atoms with E-state index >= 15 is 0 Å². The van der Waals surface area contributed by atoms with Crippen molar-refractivity contribution in [3.8, 4) is 0 Å². The van der Waals surface area contributed by atoms with Gasteiger partial charge in [0.2, 0.25) is 0 Å². The number of esters is 1. The highest BCUT2D eigenvalue weighted by molar-refractivity contribution is 5.75. The molecule has 1 fully saturated rings. The maximum atomic E-state index is 11.6. The fraction of sp³-hybridized carbons (Fsp3) is 0.917. The van der Waals surface area contributed by atoms with Gasteiger partial charge in [0.15, 0.2) is 0 Å². The van der Waals surface area contributed by atoms with E-state index in [9.17, 15) is 4.79 Å². The van der Waals surface area contributed by atoms with Crippen LogP contribution in [0.4, 0.5) is 0 Å². The van der Waals surface area contributed by atoms with Crippen LogP contribution in [-0.2, 0) is 9.53 Å². The van der Waals surface area contributed by atoms with E-state index in [0.717, 1.165) is 32.4 Å². The fourth-order valence-electron chi connectivity index (χ4n) is 2.00. The van der Waals surface area contributed by atoms with Gasteiger partial charge in [0, 0.05) is 6.61 Å². The molecule has 1 unspecified atom stereocenters. The number of likely N-dealkylation sites (tertiary alicyclic amines) is 1. The molecule has 1 aliphatic rings. The van der Waals surface area contributed by atoms with Crippen LogP contribution in [0.2, 0.25) is 0 Å². The number of hydrogen-bond acceptors (Lipinski definition) is 4. The number of aliphatic hydroxyl groups excluding tert-OH is 1. The van der Waals surface area contributed by atoms with Crippen LogP contribution in [0.15, 0.2) is 0 Å². The molecule has 0 bridgehead atoms. The van der Waals surface area contributed by atoms with E-state index in [1.165, 1.54) is 0 Å². The highest BCUT2D eigenvalue weighted by atomic mass is 16.5. The Balaban J connectivity index is 2.32. The normalized spacial score (nSPS) is 20.7. The standard InChI is InChI=1S/C12H23NO3/c1-3-8-16-12(15)10(2)13-6-4-11(9-14)5-7-13/h10-11,14H,3-9H2,1-2H3. The van der Waals surface area contributed by atoms with Crippen LogP contribution in [0.25, 0.3) is 0 Å². The van der Waals surface area contributed by atoms with Crippen LogP contribution in [0.3, 0.4) is 0 Å². The molecule has 0 aromatic carbocycles. The van der Waals surface area contributed by atoms with Crippen molar-refractivity contribution in [3.05, 3.63) is 0 Å². The average molecular weight is 229 g/mol. The zero-order valence-corrected chi connectivity index (χ0v) is 10.3. The average Bonchev–Trinajstić information content (AvgIpc) is 2.35. The molecule has 4 nitrogen and oxygen atoms in total. The number of rotatable bonds is 5. The van der Waals surface area contributed by atoms with Gasteiger partial charge in [-0.1, -0.05) is 6.92 Å². The van der Waals surface area contributed by atoms with Crippen LogP contribution in [-0.4, -0.2) is 48.3 Å². The van der Waals surface area contributed by atoms with Crippen LogP contribution >= 0.6 is 0 Å². The smallest absolute Gasteiger partial charge is 0.323 e. The second kappa shape index (κ2) is 6.86. The molecule has 0 saturated carbocycles. The molecule has 0 aliphatic carbocycles. The van der Waals surface area contributed by atoms with E-state index < -0.39 is 0 Å². The van der Waals surface area contributed by atoms with Crippen molar-refractivity contribution in [2.75, 3.05) is 26.3 Å². The van der Waals surface area contributed by atoms with Crippen molar-refractivity contribution < 1.29 is 14.6 Å². The topological polar surface area (TPSA) is 49.8 Å². The van der Waals surface area contributed by atoms with Crippen molar-refractivity contribution in [2.24, 2.45) is 5.92 Å². The molecule has 94 valence electrons. The molecule has 4 heteroatoms. The van der Waals surface area contributed by atoms with Gasteiger partial charge in [-0.05, 0) is 45.2 Å². The first-order chi connectivity index (χ1) is 7.69. The summed E-state index contributed by atoms with van der Waals surface area (Å²) in [5, 5.41) is 9.03. The second-order valence-electron chi connectivity index (χ2n) is 4.51. The summed E-state index contributed by atoms with van der Waals surface area (Å²) in [4.78, 5) is 13.8. The fourth-order valence-corrected chi connectivity index (χ4v) is 2.00. The summed E-state index contributed by atoms with van der Waals surface area (Å²) in [5.74, 6) is 0.291. The predicted molar refractivity (Wildman–Crippen MR) is 62.1 cm³/mol. The van der Waals surface area contributed by atoms with Crippen molar-refractivity contribution >= 4 is 5.97 Å². The van der Waals surface area contributed by atoms with Gasteiger partial charge in [-0.2, -0.15) is 0 Å². The summed E-state index contributed by atoms with van der Waals surface area (Å²) in [5.41, 5.74) is 0. The highest BCUT2D eigenvalue weighted by Gasteiger charge is 2.26. The Morgan fingerprint density at radius 3 is 2.62 bits per heavy atom. The van der Waals surface area contributed by atoms with Crippen LogP contribution in [0, 0.1) is 5.92 Å². The predicted octanol–water partition coefficient (Wildman–Crippen LogP) is 1.03. The van der Waals surface area contributed by atoms with Gasteiger partial charge in [-0.25, -0.2) is 0 Å². The van der Waals surface area contributed by atoms with E-state index in [1.54, 1.807) is 0 Å². The summed E-state index contributed by atoms with van der Waals surface area (Å²) >= 11 is 0. The lowest BCUT2D eigenvalue weighted by Crippen LogP contribution is -2.45. The molecule has 0 aromatic rings. The van der Waals surface area contributed by atoms with Crippen LogP contribution < -0.4 is 0 Å². The van der Waals surface area contributed by atoms with Crippen LogP contribution in [0.5, 0.6) is 0 Å². The largest absolute Gasteiger partial charge is 0.465 e. The summed E-state index contributed by atoms with van der Waals surface area (Å²) < 4.78 is 5.13. The lowest BCUT2D eigenvalue weighted by molar-refractivity contribution is -0.150. The first-order valence-corrected chi connectivity index (χ1v) is 6.20. The van der Waals surface area contributed by atoms with Crippen molar-refractivity contribution in [1.29, 1.82) is 0 Å². The monoisotopic (exact) mass is 229 g/mol. The molecule has 1 atom stereocenters. The molecule has 0 radical (unpaired) electrons. The summed E-state index contributed by atoms with van der Waals surface area (Å²) in [6.07, 6.45) is 2.81. The number of carbonyl (C=O) groups is 1. The minimum atomic E-state index is -0.147. The Labute approximate surface area is 97.6 Å². The molecule has 1 aliphatic heterocycles. The highest BCUT2D eigenvalue weighted by Crippen LogP contribution is 2.18. The van der Waals surface area contributed by atoms with Gasteiger partial charge in [0.1, 0.15) is 6.04 Å². The lowest BCUT2D eigenvalue weighted by atomic mass is 9.97. The number of hydrogen-bond donors (Lipinski definition) is 1. The first kappa shape index (κ1) is 13.5. The van der Waals surface area contributed by atoms with E-state index in [1.807, 2.05) is 13.8 Å². The Morgan fingerprint density at radius 2 is 2.12 bits per heavy atom. The number of ether oxygens (including phenoxy) is 1. The number of carbonyl (C=O) groups excluding carboxylic acids is 1. The Kier molecular flexibility index (Phi) is 5.77. The van der Waals surface area contributed by atoms with Crippen LogP contribution in [0.1, 0.15) is 33.1 Å². The maximum absolute atomic E-state index is 11.6. The zero-order valence-electron chi connectivity index (χ0n) is 10.3. The Bertz CT molecular complexity index is 212. The SMILES string of the molecule is CCCOC(=O)C(C)N1CCC(CO)CC1. The zero-order chi connectivity index (χ0) is 12.0. The van der Waals surface area contributed by atoms with Gasteiger partial charge < -0.3 is 9.84 Å². The van der Waals surface area contributed by atoms with E-state index in [2.05, 4.69) is 4.90 Å². The maximum Gasteiger partial charge on any atom is 0.323 e. The van der Waals surface area contributed by atoms with Crippen molar-refractivity contribution in [1.82, 2.24) is 4.90 Å². The molecule has 0 spiro atoms. The van der Waals surface area contributed by atoms with E-state index in [0.29, 0.717) is 12.5 Å². The lowest BCUT2D eigenvalue weighted by Gasteiger charge is -2.34. The van der Waals surface area contributed by atoms with Gasteiger partial charge in [0.05, 0.1) is 6.61 Å². The molecule has 1 rings (SSSR count). The molecule has 0 aromatic heterocycles. The quantitative estimate of drug-likeness (QED) is 0.715. The van der Waals surface area contributed by atoms with Crippen molar-refractivity contribution in [2.45, 2.75) is 39.2 Å². The third kappa shape index (κ3) is 3.76. The van der Waals surface area contributed by atoms with Gasteiger partial charge in [-0.15, -0.1) is 0 Å². The second-order valence-corrected chi connectivity index (χ2v) is 4.51. The molecule has 0 amide bonds. The van der Waals surface area contributed by atoms with Gasteiger partial charge >= 0.3 is 5.97 Å². The number of piperidine rings is 1. The number of nitrogens with zero attached hydrogens (tertiary/aromatic N) is 1. The van der Waals surface area contributed by atoms with E-state index in [-0.39, 0.29) is 18.6 Å². The Hall–Kier alpha value is -0.610. The third-order valence-corrected chi connectivity index (χ3v) is 3.24.